The van der Waals surface area contributed by atoms with Gasteiger partial charge in [-0.3, -0.25) is 8.37 Å². The lowest BCUT2D eigenvalue weighted by Crippen LogP contribution is -2.39. The van der Waals surface area contributed by atoms with Gasteiger partial charge in [0.05, 0.1) is 33.4 Å². The van der Waals surface area contributed by atoms with Gasteiger partial charge in [-0.2, -0.15) is 21.1 Å². The first-order chi connectivity index (χ1) is 17.8. The molecule has 38 heavy (non-hydrogen) atoms. The molecule has 0 saturated carbocycles. The Kier molecular flexibility index (Phi) is 8.12. The summed E-state index contributed by atoms with van der Waals surface area (Å²) in [5.41, 5.74) is 2.59. The number of benzene rings is 3. The first-order valence-corrected chi connectivity index (χ1v) is 16.1. The number of sulfonamides is 1. The third-order valence-corrected chi connectivity index (χ3v) is 10.9. The lowest BCUT2D eigenvalue weighted by atomic mass is 10.2. The van der Waals surface area contributed by atoms with Crippen molar-refractivity contribution in [1.29, 1.82) is 0 Å². The monoisotopic (exact) mass is 579 g/mol. The van der Waals surface area contributed by atoms with Gasteiger partial charge in [-0.05, 0) is 63.6 Å². The van der Waals surface area contributed by atoms with Crippen molar-refractivity contribution in [3.8, 4) is 0 Å². The summed E-state index contributed by atoms with van der Waals surface area (Å²) in [4.78, 5) is -0.127. The third kappa shape index (κ3) is 6.33. The molecule has 0 aromatic heterocycles. The Labute approximate surface area is 224 Å². The van der Waals surface area contributed by atoms with Crippen molar-refractivity contribution in [2.24, 2.45) is 0 Å². The summed E-state index contributed by atoms with van der Waals surface area (Å²) in [5.74, 6) is 0. The maximum atomic E-state index is 13.5. The summed E-state index contributed by atoms with van der Waals surface area (Å²) in [6, 6.07) is 17.3. The molecular formula is C26H29NO8S3. The maximum Gasteiger partial charge on any atom is 0.297 e. The molecule has 1 saturated heterocycles. The van der Waals surface area contributed by atoms with Crippen molar-refractivity contribution in [1.82, 2.24) is 4.31 Å². The highest BCUT2D eigenvalue weighted by molar-refractivity contribution is 7.89. The number of nitrogens with zero attached hydrogens (tertiary/aromatic N) is 1. The molecule has 0 amide bonds. The highest BCUT2D eigenvalue weighted by Gasteiger charge is 2.43. The topological polar surface area (TPSA) is 124 Å². The van der Waals surface area contributed by atoms with Crippen molar-refractivity contribution in [2.75, 3.05) is 13.2 Å². The van der Waals surface area contributed by atoms with Gasteiger partial charge in [0.15, 0.2) is 0 Å². The van der Waals surface area contributed by atoms with E-state index in [0.717, 1.165) is 21.0 Å². The van der Waals surface area contributed by atoms with Gasteiger partial charge in [-0.1, -0.05) is 53.1 Å². The first kappa shape index (κ1) is 28.4. The molecule has 2 unspecified atom stereocenters. The summed E-state index contributed by atoms with van der Waals surface area (Å²) in [6.45, 7) is 4.65. The summed E-state index contributed by atoms with van der Waals surface area (Å²) in [6.07, 6.45) is -1.13. The molecule has 2 atom stereocenters. The van der Waals surface area contributed by atoms with Crippen LogP contribution in [0.4, 0.5) is 0 Å². The minimum absolute atomic E-state index is 0.00321. The molecule has 0 spiro atoms. The van der Waals surface area contributed by atoms with Gasteiger partial charge in [0.1, 0.15) is 0 Å². The minimum atomic E-state index is -4.19. The fourth-order valence-electron chi connectivity index (χ4n) is 4.09. The van der Waals surface area contributed by atoms with Crippen LogP contribution < -0.4 is 0 Å². The lowest BCUT2D eigenvalue weighted by Gasteiger charge is -2.23. The molecule has 0 bridgehead atoms. The molecule has 1 aliphatic rings. The summed E-state index contributed by atoms with van der Waals surface area (Å²) in [5, 5.41) is 0. The van der Waals surface area contributed by atoms with Gasteiger partial charge in [0, 0.05) is 6.54 Å². The Morgan fingerprint density at radius 1 is 0.658 bits per heavy atom. The summed E-state index contributed by atoms with van der Waals surface area (Å²) in [7, 11) is -12.5. The predicted molar refractivity (Wildman–Crippen MR) is 141 cm³/mol. The number of hydrogen-bond acceptors (Lipinski definition) is 8. The van der Waals surface area contributed by atoms with Gasteiger partial charge >= 0.3 is 0 Å². The summed E-state index contributed by atoms with van der Waals surface area (Å²) < 4.78 is 90.1. The third-order valence-electron chi connectivity index (χ3n) is 6.25. The van der Waals surface area contributed by atoms with E-state index in [-0.39, 0.29) is 27.7 Å². The summed E-state index contributed by atoms with van der Waals surface area (Å²) >= 11 is 0. The largest absolute Gasteiger partial charge is 0.297 e. The van der Waals surface area contributed by atoms with Gasteiger partial charge < -0.3 is 0 Å². The average molecular weight is 580 g/mol. The van der Waals surface area contributed by atoms with Crippen molar-refractivity contribution in [3.63, 3.8) is 0 Å². The highest BCUT2D eigenvalue weighted by atomic mass is 32.2. The normalized spacial score (nSPS) is 19.0. The standard InChI is InChI=1S/C26H29NO8S3/c1-19-4-10-24(11-5-19)36(28,29)27-17-23(35-38(32,33)26-14-8-21(3)9-15-26)16-22(27)18-34-37(30,31)25-12-6-20(2)7-13-25/h4-15,22-23H,16-18H2,1-3H3. The molecule has 0 radical (unpaired) electrons. The molecule has 12 heteroatoms. The maximum absolute atomic E-state index is 13.5. The van der Waals surface area contributed by atoms with Crippen LogP contribution in [-0.2, 0) is 38.6 Å². The van der Waals surface area contributed by atoms with E-state index in [4.69, 9.17) is 8.37 Å². The second-order valence-electron chi connectivity index (χ2n) is 9.31. The molecule has 1 aliphatic heterocycles. The quantitative estimate of drug-likeness (QED) is 0.353. The van der Waals surface area contributed by atoms with Gasteiger partial charge in [0.25, 0.3) is 20.2 Å². The SMILES string of the molecule is Cc1ccc(S(=O)(=O)OCC2CC(OS(=O)(=O)c3ccc(C)cc3)CN2S(=O)(=O)c2ccc(C)cc2)cc1. The van der Waals surface area contributed by atoms with E-state index in [0.29, 0.717) is 0 Å². The van der Waals surface area contributed by atoms with E-state index in [1.54, 1.807) is 36.4 Å². The van der Waals surface area contributed by atoms with Gasteiger partial charge in [-0.25, -0.2) is 8.42 Å². The van der Waals surface area contributed by atoms with E-state index in [1.807, 2.05) is 20.8 Å². The van der Waals surface area contributed by atoms with Crippen LogP contribution in [0.15, 0.2) is 87.5 Å². The molecule has 204 valence electrons. The molecule has 9 nitrogen and oxygen atoms in total. The number of hydrogen-bond donors (Lipinski definition) is 0. The second-order valence-corrected chi connectivity index (χ2v) is 14.4. The molecular weight excluding hydrogens is 550 g/mol. The molecule has 3 aromatic carbocycles. The zero-order valence-electron chi connectivity index (χ0n) is 21.1. The molecule has 1 fully saturated rings. The average Bonchev–Trinajstić information content (AvgIpc) is 3.26. The zero-order valence-corrected chi connectivity index (χ0v) is 23.6. The van der Waals surface area contributed by atoms with Crippen molar-refractivity contribution < 1.29 is 33.6 Å². The van der Waals surface area contributed by atoms with Crippen LogP contribution in [0.2, 0.25) is 0 Å². The Bertz CT molecular complexity index is 1600. The van der Waals surface area contributed by atoms with Crippen LogP contribution >= 0.6 is 0 Å². The first-order valence-electron chi connectivity index (χ1n) is 11.8. The van der Waals surface area contributed by atoms with Crippen LogP contribution in [-0.4, -0.2) is 54.9 Å². The van der Waals surface area contributed by atoms with E-state index in [1.165, 1.54) is 36.4 Å². The van der Waals surface area contributed by atoms with Crippen LogP contribution in [0.1, 0.15) is 23.1 Å². The van der Waals surface area contributed by atoms with E-state index >= 15 is 0 Å². The Morgan fingerprint density at radius 3 is 1.55 bits per heavy atom. The lowest BCUT2D eigenvalue weighted by molar-refractivity contribution is 0.218. The van der Waals surface area contributed by atoms with Crippen LogP contribution in [0.5, 0.6) is 0 Å². The fraction of sp³-hybridized carbons (Fsp3) is 0.308. The Morgan fingerprint density at radius 2 is 1.08 bits per heavy atom. The fourth-order valence-corrected chi connectivity index (χ4v) is 7.76. The van der Waals surface area contributed by atoms with Crippen molar-refractivity contribution >= 4 is 30.3 Å². The van der Waals surface area contributed by atoms with E-state index < -0.39 is 49.0 Å². The highest BCUT2D eigenvalue weighted by Crippen LogP contribution is 2.31. The van der Waals surface area contributed by atoms with Crippen LogP contribution in [0.25, 0.3) is 0 Å². The second kappa shape index (κ2) is 10.9. The predicted octanol–water partition coefficient (Wildman–Crippen LogP) is 3.55. The molecule has 0 aliphatic carbocycles. The molecule has 0 N–H and O–H groups in total. The van der Waals surface area contributed by atoms with Crippen LogP contribution in [0.3, 0.4) is 0 Å². The van der Waals surface area contributed by atoms with Crippen LogP contribution in [0, 0.1) is 20.8 Å². The van der Waals surface area contributed by atoms with Gasteiger partial charge in [0.2, 0.25) is 10.0 Å². The molecule has 1 heterocycles. The van der Waals surface area contributed by atoms with E-state index in [9.17, 15) is 25.3 Å². The Hall–Kier alpha value is -2.61. The molecule has 4 rings (SSSR count). The van der Waals surface area contributed by atoms with Crippen molar-refractivity contribution in [3.05, 3.63) is 89.5 Å². The minimum Gasteiger partial charge on any atom is -0.265 e. The van der Waals surface area contributed by atoms with E-state index in [2.05, 4.69) is 0 Å². The smallest absolute Gasteiger partial charge is 0.265 e. The Balaban J connectivity index is 1.60. The number of rotatable bonds is 9. The zero-order chi connectivity index (χ0) is 27.7. The number of aryl methyl sites for hydroxylation is 3. The molecule has 3 aromatic rings. The van der Waals surface area contributed by atoms with Crippen molar-refractivity contribution in [2.45, 2.75) is 54.0 Å². The van der Waals surface area contributed by atoms with Gasteiger partial charge in [-0.15, -0.1) is 0 Å².